The summed E-state index contributed by atoms with van der Waals surface area (Å²) in [7, 11) is 0. The second-order valence-electron chi connectivity index (χ2n) is 6.12. The molecule has 0 aromatic carbocycles. The SMILES string of the molecule is Cc1cc(C)n(-c2ccnc(N3CCN(CC(C)F)CC3)n2)n1. The third-order valence-corrected chi connectivity index (χ3v) is 4.02. The zero-order chi connectivity index (χ0) is 16.4. The number of hydrogen-bond acceptors (Lipinski definition) is 5. The van der Waals surface area contributed by atoms with E-state index in [0.717, 1.165) is 43.4 Å². The van der Waals surface area contributed by atoms with Crippen LogP contribution in [0.25, 0.3) is 5.82 Å². The summed E-state index contributed by atoms with van der Waals surface area (Å²) < 4.78 is 14.9. The number of halogens is 1. The van der Waals surface area contributed by atoms with E-state index >= 15 is 0 Å². The van der Waals surface area contributed by atoms with Crippen molar-refractivity contribution in [3.63, 3.8) is 0 Å². The Labute approximate surface area is 135 Å². The Morgan fingerprint density at radius 2 is 1.96 bits per heavy atom. The zero-order valence-corrected chi connectivity index (χ0v) is 13.9. The first-order valence-electron chi connectivity index (χ1n) is 8.01. The Hall–Kier alpha value is -2.02. The summed E-state index contributed by atoms with van der Waals surface area (Å²) in [5.41, 5.74) is 2.02. The third-order valence-electron chi connectivity index (χ3n) is 4.02. The van der Waals surface area contributed by atoms with E-state index in [1.165, 1.54) is 0 Å². The summed E-state index contributed by atoms with van der Waals surface area (Å²) in [5, 5.41) is 4.47. The van der Waals surface area contributed by atoms with Crippen LogP contribution in [-0.4, -0.2) is 63.5 Å². The molecule has 23 heavy (non-hydrogen) atoms. The standard InChI is InChI=1S/C16H23FN6/c1-12(17)11-21-6-8-22(9-7-21)16-18-5-4-15(19-16)23-14(3)10-13(2)20-23/h4-5,10,12H,6-9,11H2,1-3H3. The fourth-order valence-corrected chi connectivity index (χ4v) is 2.96. The maximum absolute atomic E-state index is 13.1. The first kappa shape index (κ1) is 15.9. The second-order valence-corrected chi connectivity index (χ2v) is 6.12. The fourth-order valence-electron chi connectivity index (χ4n) is 2.96. The van der Waals surface area contributed by atoms with Crippen LogP contribution in [0.5, 0.6) is 0 Å². The maximum Gasteiger partial charge on any atom is 0.227 e. The lowest BCUT2D eigenvalue weighted by atomic mass is 10.3. The Morgan fingerprint density at radius 3 is 2.57 bits per heavy atom. The zero-order valence-electron chi connectivity index (χ0n) is 13.9. The average Bonchev–Trinajstić information content (AvgIpc) is 2.86. The number of aryl methyl sites for hydroxylation is 2. The van der Waals surface area contributed by atoms with E-state index in [2.05, 4.69) is 24.9 Å². The van der Waals surface area contributed by atoms with E-state index in [0.29, 0.717) is 12.5 Å². The molecule has 0 saturated carbocycles. The number of nitrogens with zero attached hydrogens (tertiary/aromatic N) is 6. The van der Waals surface area contributed by atoms with Gasteiger partial charge in [0.15, 0.2) is 5.82 Å². The van der Waals surface area contributed by atoms with Crippen LogP contribution in [0.2, 0.25) is 0 Å². The van der Waals surface area contributed by atoms with Crippen molar-refractivity contribution in [1.29, 1.82) is 0 Å². The normalized spacial score (nSPS) is 17.5. The fraction of sp³-hybridized carbons (Fsp3) is 0.562. The van der Waals surface area contributed by atoms with Gasteiger partial charge in [0.1, 0.15) is 6.17 Å². The van der Waals surface area contributed by atoms with Gasteiger partial charge in [-0.25, -0.2) is 14.1 Å². The van der Waals surface area contributed by atoms with Crippen LogP contribution in [0.3, 0.4) is 0 Å². The molecule has 3 rings (SSSR count). The van der Waals surface area contributed by atoms with Crippen molar-refractivity contribution in [2.24, 2.45) is 0 Å². The predicted molar refractivity (Wildman–Crippen MR) is 87.9 cm³/mol. The molecule has 6 nitrogen and oxygen atoms in total. The molecule has 1 fully saturated rings. The predicted octanol–water partition coefficient (Wildman–Crippen LogP) is 1.76. The van der Waals surface area contributed by atoms with Gasteiger partial charge in [0.2, 0.25) is 5.95 Å². The molecule has 0 amide bonds. The number of rotatable bonds is 4. The molecule has 0 radical (unpaired) electrons. The second kappa shape index (κ2) is 6.62. The highest BCUT2D eigenvalue weighted by molar-refractivity contribution is 5.36. The van der Waals surface area contributed by atoms with Gasteiger partial charge in [-0.15, -0.1) is 0 Å². The van der Waals surface area contributed by atoms with Crippen molar-refractivity contribution in [3.8, 4) is 5.82 Å². The van der Waals surface area contributed by atoms with Crippen molar-refractivity contribution in [2.75, 3.05) is 37.6 Å². The minimum atomic E-state index is -0.785. The van der Waals surface area contributed by atoms with Crippen LogP contribution in [0, 0.1) is 13.8 Å². The Balaban J connectivity index is 1.73. The van der Waals surface area contributed by atoms with Crippen LogP contribution in [0.4, 0.5) is 10.3 Å². The lowest BCUT2D eigenvalue weighted by molar-refractivity contribution is 0.192. The van der Waals surface area contributed by atoms with E-state index in [-0.39, 0.29) is 0 Å². The highest BCUT2D eigenvalue weighted by Gasteiger charge is 2.20. The summed E-state index contributed by atoms with van der Waals surface area (Å²) in [6.45, 7) is 9.38. The molecule has 1 unspecified atom stereocenters. The first-order chi connectivity index (χ1) is 11.0. The largest absolute Gasteiger partial charge is 0.338 e. The van der Waals surface area contributed by atoms with Gasteiger partial charge >= 0.3 is 0 Å². The van der Waals surface area contributed by atoms with Gasteiger partial charge in [0.05, 0.1) is 5.69 Å². The average molecular weight is 318 g/mol. The molecular weight excluding hydrogens is 295 g/mol. The summed E-state index contributed by atoms with van der Waals surface area (Å²) in [4.78, 5) is 13.3. The molecule has 2 aromatic rings. The summed E-state index contributed by atoms with van der Waals surface area (Å²) in [5.74, 6) is 1.49. The minimum Gasteiger partial charge on any atom is -0.338 e. The number of alkyl halides is 1. The first-order valence-corrected chi connectivity index (χ1v) is 8.01. The monoisotopic (exact) mass is 318 g/mol. The van der Waals surface area contributed by atoms with Gasteiger partial charge in [-0.3, -0.25) is 4.90 Å². The summed E-state index contributed by atoms with van der Waals surface area (Å²) in [6.07, 6.45) is 0.983. The van der Waals surface area contributed by atoms with Crippen molar-refractivity contribution >= 4 is 5.95 Å². The van der Waals surface area contributed by atoms with Gasteiger partial charge in [0, 0.05) is 50.7 Å². The lowest BCUT2D eigenvalue weighted by Gasteiger charge is -2.34. The number of hydrogen-bond donors (Lipinski definition) is 0. The molecule has 1 saturated heterocycles. The molecule has 0 spiro atoms. The van der Waals surface area contributed by atoms with E-state index in [1.807, 2.05) is 30.7 Å². The molecule has 1 aliphatic rings. The molecule has 1 aliphatic heterocycles. The third kappa shape index (κ3) is 3.67. The van der Waals surface area contributed by atoms with E-state index in [4.69, 9.17) is 0 Å². The molecule has 1 atom stereocenters. The molecule has 2 aromatic heterocycles. The Kier molecular flexibility index (Phi) is 4.56. The van der Waals surface area contributed by atoms with Crippen molar-refractivity contribution in [3.05, 3.63) is 29.7 Å². The topological polar surface area (TPSA) is 50.1 Å². The number of aromatic nitrogens is 4. The van der Waals surface area contributed by atoms with Crippen LogP contribution in [-0.2, 0) is 0 Å². The van der Waals surface area contributed by atoms with Crippen molar-refractivity contribution in [2.45, 2.75) is 26.9 Å². The Morgan fingerprint density at radius 1 is 1.22 bits per heavy atom. The van der Waals surface area contributed by atoms with Crippen LogP contribution < -0.4 is 4.90 Å². The molecular formula is C16H23FN6. The van der Waals surface area contributed by atoms with Gasteiger partial charge in [-0.05, 0) is 26.8 Å². The Bertz CT molecular complexity index is 660. The molecule has 3 heterocycles. The van der Waals surface area contributed by atoms with Crippen LogP contribution >= 0.6 is 0 Å². The molecule has 124 valence electrons. The quantitative estimate of drug-likeness (QED) is 0.860. The molecule has 0 aliphatic carbocycles. The van der Waals surface area contributed by atoms with E-state index in [9.17, 15) is 4.39 Å². The smallest absolute Gasteiger partial charge is 0.227 e. The summed E-state index contributed by atoms with van der Waals surface area (Å²) in [6, 6.07) is 3.89. The maximum atomic E-state index is 13.1. The van der Waals surface area contributed by atoms with Gasteiger partial charge in [-0.2, -0.15) is 10.1 Å². The van der Waals surface area contributed by atoms with Crippen molar-refractivity contribution < 1.29 is 4.39 Å². The number of anilines is 1. The number of piperazine rings is 1. The van der Waals surface area contributed by atoms with E-state index < -0.39 is 6.17 Å². The van der Waals surface area contributed by atoms with Gasteiger partial charge in [0.25, 0.3) is 0 Å². The van der Waals surface area contributed by atoms with E-state index in [1.54, 1.807) is 13.1 Å². The van der Waals surface area contributed by atoms with Gasteiger partial charge < -0.3 is 4.90 Å². The van der Waals surface area contributed by atoms with Crippen LogP contribution in [0.15, 0.2) is 18.3 Å². The highest BCUT2D eigenvalue weighted by atomic mass is 19.1. The minimum absolute atomic E-state index is 0.500. The van der Waals surface area contributed by atoms with Crippen molar-refractivity contribution in [1.82, 2.24) is 24.6 Å². The molecule has 0 N–H and O–H groups in total. The van der Waals surface area contributed by atoms with Crippen LogP contribution in [0.1, 0.15) is 18.3 Å². The lowest BCUT2D eigenvalue weighted by Crippen LogP contribution is -2.48. The highest BCUT2D eigenvalue weighted by Crippen LogP contribution is 2.15. The summed E-state index contributed by atoms with van der Waals surface area (Å²) >= 11 is 0. The molecule has 7 heteroatoms. The molecule has 0 bridgehead atoms. The van der Waals surface area contributed by atoms with Gasteiger partial charge in [-0.1, -0.05) is 0 Å².